The molecule has 25 heavy (non-hydrogen) atoms. The van der Waals surface area contributed by atoms with Gasteiger partial charge in [-0.1, -0.05) is 54.1 Å². The summed E-state index contributed by atoms with van der Waals surface area (Å²) in [5.41, 5.74) is 2.23. The number of para-hydroxylation sites is 1. The van der Waals surface area contributed by atoms with Crippen LogP contribution in [0.15, 0.2) is 60.7 Å². The summed E-state index contributed by atoms with van der Waals surface area (Å²) < 4.78 is 7.34. The van der Waals surface area contributed by atoms with E-state index < -0.39 is 0 Å². The van der Waals surface area contributed by atoms with Crippen molar-refractivity contribution in [2.24, 2.45) is 7.05 Å². The maximum absolute atomic E-state index is 12.5. The number of nitrogens with one attached hydrogen (secondary N) is 1. The molecule has 0 saturated carbocycles. The number of aromatic nitrogens is 2. The van der Waals surface area contributed by atoms with Gasteiger partial charge in [0.2, 0.25) is 0 Å². The number of ether oxygens (including phenoxy) is 1. The van der Waals surface area contributed by atoms with E-state index in [1.165, 1.54) is 0 Å². The van der Waals surface area contributed by atoms with Crippen LogP contribution in [0.5, 0.6) is 5.75 Å². The zero-order chi connectivity index (χ0) is 17.6. The summed E-state index contributed by atoms with van der Waals surface area (Å²) in [7, 11) is 1.76. The Kier molecular flexibility index (Phi) is 5.36. The van der Waals surface area contributed by atoms with Crippen LogP contribution in [0, 0.1) is 0 Å². The lowest BCUT2D eigenvalue weighted by Crippen LogP contribution is -2.23. The van der Waals surface area contributed by atoms with Gasteiger partial charge >= 0.3 is 0 Å². The van der Waals surface area contributed by atoms with Gasteiger partial charge in [-0.05, 0) is 17.7 Å². The maximum atomic E-state index is 12.5. The highest BCUT2D eigenvalue weighted by atomic mass is 35.5. The molecule has 0 radical (unpaired) electrons. The Balaban J connectivity index is 1.66. The second-order valence-corrected chi connectivity index (χ2v) is 5.92. The van der Waals surface area contributed by atoms with Gasteiger partial charge in [0.15, 0.2) is 0 Å². The van der Waals surface area contributed by atoms with E-state index in [9.17, 15) is 4.79 Å². The first-order chi connectivity index (χ1) is 12.1. The van der Waals surface area contributed by atoms with E-state index >= 15 is 0 Å². The van der Waals surface area contributed by atoms with Gasteiger partial charge in [-0.15, -0.1) is 0 Å². The smallest absolute Gasteiger partial charge is 0.255 e. The van der Waals surface area contributed by atoms with Crippen LogP contribution in [0.4, 0.5) is 0 Å². The Hall–Kier alpha value is -2.79. The van der Waals surface area contributed by atoms with Gasteiger partial charge in [0.1, 0.15) is 23.2 Å². The minimum Gasteiger partial charge on any atom is -0.486 e. The molecule has 0 atom stereocenters. The molecule has 0 aliphatic carbocycles. The molecule has 6 heteroatoms. The molecule has 1 amide bonds. The molecule has 5 nitrogen and oxygen atoms in total. The van der Waals surface area contributed by atoms with Gasteiger partial charge in [0, 0.05) is 19.7 Å². The van der Waals surface area contributed by atoms with Crippen molar-refractivity contribution in [3.8, 4) is 5.75 Å². The summed E-state index contributed by atoms with van der Waals surface area (Å²) in [6.07, 6.45) is 0. The Bertz CT molecular complexity index is 843. The number of carbonyl (C=O) groups excluding carboxylic acids is 1. The molecule has 0 unspecified atom stereocenters. The lowest BCUT2D eigenvalue weighted by atomic mass is 10.1. The summed E-state index contributed by atoms with van der Waals surface area (Å²) in [6, 6.07) is 18.6. The van der Waals surface area contributed by atoms with Crippen molar-refractivity contribution in [2.45, 2.75) is 13.2 Å². The highest BCUT2D eigenvalue weighted by molar-refractivity contribution is 6.29. The van der Waals surface area contributed by atoms with Crippen LogP contribution < -0.4 is 10.1 Å². The Morgan fingerprint density at radius 3 is 2.60 bits per heavy atom. The van der Waals surface area contributed by atoms with Crippen LogP contribution in [0.2, 0.25) is 5.15 Å². The fraction of sp³-hybridized carbons (Fsp3) is 0.158. The average molecular weight is 356 g/mol. The summed E-state index contributed by atoms with van der Waals surface area (Å²) in [5, 5.41) is 7.68. The predicted molar refractivity (Wildman–Crippen MR) is 96.6 cm³/mol. The quantitative estimate of drug-likeness (QED) is 0.735. The molecule has 0 aliphatic rings. The fourth-order valence-electron chi connectivity index (χ4n) is 2.38. The van der Waals surface area contributed by atoms with Crippen molar-refractivity contribution in [1.82, 2.24) is 15.1 Å². The SMILES string of the molecule is Cn1nc(COc2ccccc2C(=O)NCc2ccccc2)cc1Cl. The van der Waals surface area contributed by atoms with Crippen molar-refractivity contribution in [3.63, 3.8) is 0 Å². The summed E-state index contributed by atoms with van der Waals surface area (Å²) in [4.78, 5) is 12.5. The predicted octanol–water partition coefficient (Wildman–Crippen LogP) is 3.58. The van der Waals surface area contributed by atoms with Crippen molar-refractivity contribution >= 4 is 17.5 Å². The van der Waals surface area contributed by atoms with Crippen LogP contribution in [0.1, 0.15) is 21.6 Å². The first kappa shape index (κ1) is 17.0. The van der Waals surface area contributed by atoms with Crippen molar-refractivity contribution in [1.29, 1.82) is 0 Å². The molecule has 0 aliphatic heterocycles. The minimum atomic E-state index is -0.182. The topological polar surface area (TPSA) is 56.2 Å². The molecule has 1 N–H and O–H groups in total. The summed E-state index contributed by atoms with van der Waals surface area (Å²) in [5.74, 6) is 0.327. The number of amides is 1. The molecule has 3 rings (SSSR count). The third-order valence-corrected chi connectivity index (χ3v) is 4.03. The standard InChI is InChI=1S/C19H18ClN3O2/c1-23-18(20)11-15(22-23)13-25-17-10-6-5-9-16(17)19(24)21-12-14-7-3-2-4-8-14/h2-11H,12-13H2,1H3,(H,21,24). The van der Waals surface area contributed by atoms with E-state index in [2.05, 4.69) is 10.4 Å². The highest BCUT2D eigenvalue weighted by Gasteiger charge is 2.13. The van der Waals surface area contributed by atoms with Crippen molar-refractivity contribution in [3.05, 3.63) is 82.6 Å². The number of halogens is 1. The molecule has 2 aromatic carbocycles. The number of aryl methyl sites for hydroxylation is 1. The van der Waals surface area contributed by atoms with E-state index in [0.29, 0.717) is 28.7 Å². The first-order valence-corrected chi connectivity index (χ1v) is 8.23. The number of rotatable bonds is 6. The van der Waals surface area contributed by atoms with E-state index in [1.807, 2.05) is 42.5 Å². The normalized spacial score (nSPS) is 10.5. The zero-order valence-electron chi connectivity index (χ0n) is 13.8. The molecule has 128 valence electrons. The second kappa shape index (κ2) is 7.85. The lowest BCUT2D eigenvalue weighted by molar-refractivity contribution is 0.0946. The van der Waals surface area contributed by atoms with Crippen LogP contribution in [0.25, 0.3) is 0 Å². The first-order valence-electron chi connectivity index (χ1n) is 7.86. The van der Waals surface area contributed by atoms with E-state index in [4.69, 9.17) is 16.3 Å². The number of carbonyl (C=O) groups is 1. The molecule has 3 aromatic rings. The largest absolute Gasteiger partial charge is 0.486 e. The van der Waals surface area contributed by atoms with Crippen molar-refractivity contribution in [2.75, 3.05) is 0 Å². The van der Waals surface area contributed by atoms with Crippen LogP contribution in [-0.4, -0.2) is 15.7 Å². The Morgan fingerprint density at radius 1 is 1.16 bits per heavy atom. The third-order valence-electron chi connectivity index (χ3n) is 3.68. The zero-order valence-corrected chi connectivity index (χ0v) is 14.5. The van der Waals surface area contributed by atoms with Gasteiger partial charge < -0.3 is 10.1 Å². The van der Waals surface area contributed by atoms with Gasteiger partial charge in [0.25, 0.3) is 5.91 Å². The summed E-state index contributed by atoms with van der Waals surface area (Å²) >= 11 is 5.97. The molecular formula is C19H18ClN3O2. The monoisotopic (exact) mass is 355 g/mol. The van der Waals surface area contributed by atoms with Gasteiger partial charge in [-0.3, -0.25) is 9.48 Å². The molecular weight excluding hydrogens is 338 g/mol. The van der Waals surface area contributed by atoms with Gasteiger partial charge in [-0.2, -0.15) is 5.10 Å². The molecule has 0 fully saturated rings. The maximum Gasteiger partial charge on any atom is 0.255 e. The minimum absolute atomic E-state index is 0.182. The van der Waals surface area contributed by atoms with E-state index in [0.717, 1.165) is 5.56 Å². The highest BCUT2D eigenvalue weighted by Crippen LogP contribution is 2.20. The van der Waals surface area contributed by atoms with Crippen LogP contribution >= 0.6 is 11.6 Å². The Morgan fingerprint density at radius 2 is 1.88 bits per heavy atom. The molecule has 1 aromatic heterocycles. The van der Waals surface area contributed by atoms with E-state index in [-0.39, 0.29) is 12.5 Å². The average Bonchev–Trinajstić information content (AvgIpc) is 2.97. The lowest BCUT2D eigenvalue weighted by Gasteiger charge is -2.11. The fourth-order valence-corrected chi connectivity index (χ4v) is 2.54. The van der Waals surface area contributed by atoms with Crippen LogP contribution in [-0.2, 0) is 20.2 Å². The molecule has 0 spiro atoms. The number of hydrogen-bond donors (Lipinski definition) is 1. The van der Waals surface area contributed by atoms with Crippen LogP contribution in [0.3, 0.4) is 0 Å². The van der Waals surface area contributed by atoms with Crippen molar-refractivity contribution < 1.29 is 9.53 Å². The number of hydrogen-bond acceptors (Lipinski definition) is 3. The Labute approximate surface area is 151 Å². The molecule has 0 saturated heterocycles. The molecule has 0 bridgehead atoms. The number of benzene rings is 2. The van der Waals surface area contributed by atoms with E-state index in [1.54, 1.807) is 29.9 Å². The second-order valence-electron chi connectivity index (χ2n) is 5.54. The van der Waals surface area contributed by atoms with Gasteiger partial charge in [0.05, 0.1) is 5.56 Å². The number of nitrogens with zero attached hydrogens (tertiary/aromatic N) is 2. The molecule has 1 heterocycles. The third kappa shape index (κ3) is 4.39. The summed E-state index contributed by atoms with van der Waals surface area (Å²) in [6.45, 7) is 0.702. The van der Waals surface area contributed by atoms with Gasteiger partial charge in [-0.25, -0.2) is 0 Å².